The first-order valence-corrected chi connectivity index (χ1v) is 7.75. The lowest BCUT2D eigenvalue weighted by molar-refractivity contribution is 0.00846. The van der Waals surface area contributed by atoms with E-state index in [9.17, 15) is 5.11 Å². The molecule has 1 aliphatic rings. The van der Waals surface area contributed by atoms with E-state index in [0.717, 1.165) is 32.5 Å². The summed E-state index contributed by atoms with van der Waals surface area (Å²) in [6, 6.07) is 8.50. The van der Waals surface area contributed by atoms with Crippen LogP contribution in [0.1, 0.15) is 44.4 Å². The fourth-order valence-corrected chi connectivity index (χ4v) is 2.94. The first-order chi connectivity index (χ1) is 9.50. The van der Waals surface area contributed by atoms with Crippen LogP contribution in [-0.4, -0.2) is 30.3 Å². The lowest BCUT2D eigenvalue weighted by Crippen LogP contribution is -2.46. The number of hydrogen-bond acceptors (Lipinski definition) is 3. The minimum Gasteiger partial charge on any atom is -0.388 e. The van der Waals surface area contributed by atoms with Gasteiger partial charge in [0.05, 0.1) is 11.6 Å². The van der Waals surface area contributed by atoms with Crippen molar-refractivity contribution < 1.29 is 5.11 Å². The van der Waals surface area contributed by atoms with Gasteiger partial charge in [-0.3, -0.25) is 0 Å². The molecule has 112 valence electrons. The van der Waals surface area contributed by atoms with Crippen LogP contribution in [0.3, 0.4) is 0 Å². The Bertz CT molecular complexity index is 429. The van der Waals surface area contributed by atoms with Crippen LogP contribution in [-0.2, 0) is 6.42 Å². The van der Waals surface area contributed by atoms with Crippen molar-refractivity contribution in [2.75, 3.05) is 19.6 Å². The van der Waals surface area contributed by atoms with Crippen LogP contribution in [0.25, 0.3) is 0 Å². The van der Waals surface area contributed by atoms with Gasteiger partial charge in [0.2, 0.25) is 0 Å². The van der Waals surface area contributed by atoms with Gasteiger partial charge in [-0.25, -0.2) is 0 Å². The lowest BCUT2D eigenvalue weighted by atomic mass is 9.82. The van der Waals surface area contributed by atoms with Gasteiger partial charge in [0, 0.05) is 0 Å². The van der Waals surface area contributed by atoms with Gasteiger partial charge >= 0.3 is 0 Å². The maximum atomic E-state index is 10.8. The maximum absolute atomic E-state index is 10.8. The minimum atomic E-state index is -0.722. The van der Waals surface area contributed by atoms with Gasteiger partial charge in [-0.15, -0.1) is 0 Å². The van der Waals surface area contributed by atoms with E-state index >= 15 is 0 Å². The van der Waals surface area contributed by atoms with Crippen molar-refractivity contribution in [3.05, 3.63) is 35.4 Å². The van der Waals surface area contributed by atoms with Crippen LogP contribution >= 0.6 is 0 Å². The van der Waals surface area contributed by atoms with Gasteiger partial charge in [-0.05, 0) is 56.4 Å². The fraction of sp³-hybridized carbons (Fsp3) is 0.647. The fourth-order valence-electron chi connectivity index (χ4n) is 2.94. The largest absolute Gasteiger partial charge is 0.388 e. The molecule has 0 spiro atoms. The van der Waals surface area contributed by atoms with E-state index in [1.807, 2.05) is 6.92 Å². The Balaban J connectivity index is 1.99. The average molecular weight is 276 g/mol. The quantitative estimate of drug-likeness (QED) is 0.698. The van der Waals surface area contributed by atoms with Crippen LogP contribution in [0, 0.1) is 5.92 Å². The monoisotopic (exact) mass is 276 g/mol. The molecule has 2 unspecified atom stereocenters. The smallest absolute Gasteiger partial charge is 0.0825 e. The number of nitrogens with one attached hydrogen (secondary N) is 2. The molecule has 0 amide bonds. The molecule has 3 nitrogen and oxygen atoms in total. The molecule has 1 aromatic carbocycles. The van der Waals surface area contributed by atoms with Crippen molar-refractivity contribution in [1.82, 2.24) is 10.6 Å². The third-order valence-electron chi connectivity index (χ3n) is 4.09. The molecule has 0 aliphatic carbocycles. The first kappa shape index (κ1) is 15.5. The van der Waals surface area contributed by atoms with E-state index in [1.165, 1.54) is 11.1 Å². The van der Waals surface area contributed by atoms with Gasteiger partial charge in [0.1, 0.15) is 0 Å². The Morgan fingerprint density at radius 3 is 2.90 bits per heavy atom. The Labute approximate surface area is 122 Å². The third-order valence-corrected chi connectivity index (χ3v) is 4.09. The maximum Gasteiger partial charge on any atom is 0.0825 e. The summed E-state index contributed by atoms with van der Waals surface area (Å²) in [6.07, 6.45) is 1.81. The van der Waals surface area contributed by atoms with Crippen molar-refractivity contribution in [3.63, 3.8) is 0 Å². The highest BCUT2D eigenvalue weighted by atomic mass is 16.3. The number of benzene rings is 1. The molecule has 3 heteroatoms. The number of fused-ring (bicyclic) bond motifs is 1. The Morgan fingerprint density at radius 2 is 2.15 bits per heavy atom. The van der Waals surface area contributed by atoms with Gasteiger partial charge in [-0.1, -0.05) is 38.1 Å². The molecule has 20 heavy (non-hydrogen) atoms. The summed E-state index contributed by atoms with van der Waals surface area (Å²) in [5, 5.41) is 17.8. The van der Waals surface area contributed by atoms with Crippen LogP contribution in [0.4, 0.5) is 0 Å². The Morgan fingerprint density at radius 1 is 1.40 bits per heavy atom. The third kappa shape index (κ3) is 3.81. The summed E-state index contributed by atoms with van der Waals surface area (Å²) < 4.78 is 0. The topological polar surface area (TPSA) is 44.3 Å². The summed E-state index contributed by atoms with van der Waals surface area (Å²) in [5.74, 6) is 0.647. The number of rotatable bonds is 6. The standard InChI is InChI=1S/C17H28N2O/c1-13(2)12-18-11-9-17(3,20)16-15-7-5-4-6-14(15)8-10-19-16/h4-7,13,16,18-20H,8-12H2,1-3H3. The second-order valence-electron chi connectivity index (χ2n) is 6.54. The van der Waals surface area contributed by atoms with Crippen LogP contribution in [0.5, 0.6) is 0 Å². The highest BCUT2D eigenvalue weighted by Gasteiger charge is 2.35. The molecule has 0 radical (unpaired) electrons. The average Bonchev–Trinajstić information content (AvgIpc) is 2.43. The lowest BCUT2D eigenvalue weighted by Gasteiger charge is -2.38. The predicted octanol–water partition coefficient (Wildman–Crippen LogP) is 2.26. The van der Waals surface area contributed by atoms with Gasteiger partial charge in [-0.2, -0.15) is 0 Å². The molecular formula is C17H28N2O. The van der Waals surface area contributed by atoms with Crippen molar-refractivity contribution in [1.29, 1.82) is 0 Å². The molecule has 0 saturated heterocycles. The summed E-state index contributed by atoms with van der Waals surface area (Å²) in [4.78, 5) is 0. The van der Waals surface area contributed by atoms with E-state index in [-0.39, 0.29) is 6.04 Å². The van der Waals surface area contributed by atoms with Gasteiger partial charge in [0.15, 0.2) is 0 Å². The molecule has 2 rings (SSSR count). The van der Waals surface area contributed by atoms with Crippen molar-refractivity contribution in [3.8, 4) is 0 Å². The van der Waals surface area contributed by atoms with Crippen molar-refractivity contribution in [2.45, 2.75) is 45.3 Å². The molecule has 0 saturated carbocycles. The van der Waals surface area contributed by atoms with E-state index < -0.39 is 5.60 Å². The van der Waals surface area contributed by atoms with E-state index in [4.69, 9.17) is 0 Å². The van der Waals surface area contributed by atoms with E-state index in [1.54, 1.807) is 0 Å². The summed E-state index contributed by atoms with van der Waals surface area (Å²) in [7, 11) is 0. The molecule has 1 heterocycles. The van der Waals surface area contributed by atoms with Crippen LogP contribution < -0.4 is 10.6 Å². The molecule has 0 aromatic heterocycles. The molecule has 0 bridgehead atoms. The predicted molar refractivity (Wildman–Crippen MR) is 83.8 cm³/mol. The molecule has 1 aromatic rings. The van der Waals surface area contributed by atoms with Crippen LogP contribution in [0.15, 0.2) is 24.3 Å². The van der Waals surface area contributed by atoms with Gasteiger partial charge < -0.3 is 15.7 Å². The number of aliphatic hydroxyl groups is 1. The molecule has 3 N–H and O–H groups in total. The van der Waals surface area contributed by atoms with Crippen molar-refractivity contribution in [2.24, 2.45) is 5.92 Å². The zero-order valence-electron chi connectivity index (χ0n) is 12.9. The second kappa shape index (κ2) is 6.70. The number of hydrogen-bond donors (Lipinski definition) is 3. The molecule has 2 atom stereocenters. The van der Waals surface area contributed by atoms with Crippen molar-refractivity contribution >= 4 is 0 Å². The second-order valence-corrected chi connectivity index (χ2v) is 6.54. The summed E-state index contributed by atoms with van der Waals surface area (Å²) in [6.45, 7) is 9.14. The minimum absolute atomic E-state index is 0.0355. The summed E-state index contributed by atoms with van der Waals surface area (Å²) >= 11 is 0. The van der Waals surface area contributed by atoms with Gasteiger partial charge in [0.25, 0.3) is 0 Å². The normalized spacial score (nSPS) is 21.6. The molecule has 1 aliphatic heterocycles. The first-order valence-electron chi connectivity index (χ1n) is 7.75. The SMILES string of the molecule is CC(C)CNCCC(C)(O)C1NCCc2ccccc21. The zero-order chi connectivity index (χ0) is 14.6. The van der Waals surface area contributed by atoms with E-state index in [2.05, 4.69) is 48.7 Å². The Kier molecular flexibility index (Phi) is 5.19. The zero-order valence-corrected chi connectivity index (χ0v) is 12.9. The highest BCUT2D eigenvalue weighted by molar-refractivity contribution is 5.34. The molecular weight excluding hydrogens is 248 g/mol. The summed E-state index contributed by atoms with van der Waals surface area (Å²) in [5.41, 5.74) is 1.90. The molecule has 0 fully saturated rings. The van der Waals surface area contributed by atoms with E-state index in [0.29, 0.717) is 5.92 Å². The Hall–Kier alpha value is -0.900. The van der Waals surface area contributed by atoms with Crippen LogP contribution in [0.2, 0.25) is 0 Å². The highest BCUT2D eigenvalue weighted by Crippen LogP contribution is 2.33.